The van der Waals surface area contributed by atoms with Crippen molar-refractivity contribution < 1.29 is 13.2 Å². The Balaban J connectivity index is 2.33. The van der Waals surface area contributed by atoms with Crippen LogP contribution in [0.25, 0.3) is 22.3 Å². The Morgan fingerprint density at radius 1 is 0.900 bits per heavy atom. The zero-order valence-electron chi connectivity index (χ0n) is 9.87. The van der Waals surface area contributed by atoms with Crippen molar-refractivity contribution in [2.75, 3.05) is 0 Å². The Hall–Kier alpha value is -2.14. The summed E-state index contributed by atoms with van der Waals surface area (Å²) in [7, 11) is 0. The van der Waals surface area contributed by atoms with E-state index >= 15 is 0 Å². The molecular formula is C14H6ClF3N2. The molecule has 6 heteroatoms. The number of nitrogens with zero attached hydrogens (tertiary/aromatic N) is 2. The number of fused-ring (bicyclic) bond motifs is 1. The average molecular weight is 295 g/mol. The van der Waals surface area contributed by atoms with Crippen molar-refractivity contribution in [2.24, 2.45) is 0 Å². The molecule has 0 amide bonds. The highest BCUT2D eigenvalue weighted by molar-refractivity contribution is 6.34. The van der Waals surface area contributed by atoms with E-state index in [1.165, 1.54) is 18.2 Å². The quantitative estimate of drug-likeness (QED) is 0.623. The number of halogens is 4. The molecule has 100 valence electrons. The maximum atomic E-state index is 13.7. The van der Waals surface area contributed by atoms with Gasteiger partial charge in [-0.2, -0.15) is 0 Å². The molecule has 0 saturated carbocycles. The third kappa shape index (κ3) is 2.10. The van der Waals surface area contributed by atoms with Crippen molar-refractivity contribution in [1.82, 2.24) is 9.97 Å². The van der Waals surface area contributed by atoms with Crippen molar-refractivity contribution >= 4 is 22.5 Å². The second-order valence-electron chi connectivity index (χ2n) is 4.10. The van der Waals surface area contributed by atoms with E-state index in [-0.39, 0.29) is 27.4 Å². The first kappa shape index (κ1) is 12.9. The minimum Gasteiger partial charge on any atom is -0.225 e. The molecule has 0 fully saturated rings. The lowest BCUT2D eigenvalue weighted by Gasteiger charge is -2.06. The molecule has 3 rings (SSSR count). The van der Waals surface area contributed by atoms with Crippen molar-refractivity contribution in [3.63, 3.8) is 0 Å². The summed E-state index contributed by atoms with van der Waals surface area (Å²) >= 11 is 5.90. The van der Waals surface area contributed by atoms with E-state index in [0.717, 1.165) is 6.07 Å². The van der Waals surface area contributed by atoms with Gasteiger partial charge in [-0.3, -0.25) is 0 Å². The van der Waals surface area contributed by atoms with Crippen LogP contribution in [-0.4, -0.2) is 9.97 Å². The summed E-state index contributed by atoms with van der Waals surface area (Å²) in [4.78, 5) is 7.83. The summed E-state index contributed by atoms with van der Waals surface area (Å²) in [5.41, 5.74) is -0.0512. The Morgan fingerprint density at radius 2 is 1.65 bits per heavy atom. The molecule has 1 aromatic heterocycles. The number of rotatable bonds is 1. The zero-order chi connectivity index (χ0) is 14.3. The van der Waals surface area contributed by atoms with Crippen LogP contribution in [-0.2, 0) is 0 Å². The first-order chi connectivity index (χ1) is 9.56. The lowest BCUT2D eigenvalue weighted by atomic mass is 10.2. The molecule has 2 nitrogen and oxygen atoms in total. The van der Waals surface area contributed by atoms with Gasteiger partial charge in [-0.15, -0.1) is 0 Å². The molecule has 0 saturated heterocycles. The van der Waals surface area contributed by atoms with Gasteiger partial charge < -0.3 is 0 Å². The average Bonchev–Trinajstić information content (AvgIpc) is 2.40. The van der Waals surface area contributed by atoms with Gasteiger partial charge in [-0.1, -0.05) is 23.7 Å². The highest BCUT2D eigenvalue weighted by Gasteiger charge is 2.14. The summed E-state index contributed by atoms with van der Waals surface area (Å²) in [6.45, 7) is 0. The van der Waals surface area contributed by atoms with Crippen LogP contribution in [0.5, 0.6) is 0 Å². The third-order valence-corrected chi connectivity index (χ3v) is 3.08. The molecule has 0 aliphatic heterocycles. The van der Waals surface area contributed by atoms with Crippen LogP contribution in [0.15, 0.2) is 36.4 Å². The molecule has 0 aliphatic carbocycles. The van der Waals surface area contributed by atoms with Crippen LogP contribution in [0.4, 0.5) is 13.2 Å². The SMILES string of the molecule is Fc1cc(F)c2nc(-c3ccccc3F)nc(Cl)c2c1. The van der Waals surface area contributed by atoms with Gasteiger partial charge in [0, 0.05) is 11.5 Å². The number of hydrogen-bond donors (Lipinski definition) is 0. The van der Waals surface area contributed by atoms with Crippen molar-refractivity contribution in [3.05, 3.63) is 59.0 Å². The van der Waals surface area contributed by atoms with Gasteiger partial charge in [-0.05, 0) is 18.2 Å². The minimum absolute atomic E-state index is 0.0456. The van der Waals surface area contributed by atoms with E-state index < -0.39 is 17.5 Å². The second kappa shape index (κ2) is 4.76. The Labute approximate surface area is 116 Å². The maximum absolute atomic E-state index is 13.7. The third-order valence-electron chi connectivity index (χ3n) is 2.79. The monoisotopic (exact) mass is 294 g/mol. The lowest BCUT2D eigenvalue weighted by Crippen LogP contribution is -1.96. The molecule has 0 aliphatic rings. The van der Waals surface area contributed by atoms with Crippen LogP contribution in [0.2, 0.25) is 5.15 Å². The van der Waals surface area contributed by atoms with E-state index in [1.54, 1.807) is 6.07 Å². The van der Waals surface area contributed by atoms with Crippen LogP contribution in [0.3, 0.4) is 0 Å². The highest BCUT2D eigenvalue weighted by Crippen LogP contribution is 2.28. The topological polar surface area (TPSA) is 25.8 Å². The van der Waals surface area contributed by atoms with Gasteiger partial charge in [-0.25, -0.2) is 23.1 Å². The number of benzene rings is 2. The summed E-state index contributed by atoms with van der Waals surface area (Å²) in [5, 5.41) is -0.0871. The molecule has 0 unspecified atom stereocenters. The first-order valence-corrected chi connectivity index (χ1v) is 6.01. The van der Waals surface area contributed by atoms with Gasteiger partial charge in [0.05, 0.1) is 5.56 Å². The summed E-state index contributed by atoms with van der Waals surface area (Å²) in [6, 6.07) is 7.52. The van der Waals surface area contributed by atoms with Crippen molar-refractivity contribution in [1.29, 1.82) is 0 Å². The summed E-state index contributed by atoms with van der Waals surface area (Å²) in [5.74, 6) is -2.25. The van der Waals surface area contributed by atoms with Gasteiger partial charge in [0.15, 0.2) is 11.6 Å². The Bertz CT molecular complexity index is 821. The molecule has 0 N–H and O–H groups in total. The number of hydrogen-bond acceptors (Lipinski definition) is 2. The molecule has 0 radical (unpaired) electrons. The predicted octanol–water partition coefficient (Wildman–Crippen LogP) is 4.37. The maximum Gasteiger partial charge on any atom is 0.164 e. The fraction of sp³-hybridized carbons (Fsp3) is 0. The fourth-order valence-corrected chi connectivity index (χ4v) is 2.11. The molecule has 0 atom stereocenters. The molecule has 2 aromatic carbocycles. The Morgan fingerprint density at radius 3 is 2.40 bits per heavy atom. The second-order valence-corrected chi connectivity index (χ2v) is 4.46. The smallest absolute Gasteiger partial charge is 0.164 e. The molecule has 20 heavy (non-hydrogen) atoms. The van der Waals surface area contributed by atoms with Gasteiger partial charge in [0.2, 0.25) is 0 Å². The molecule has 1 heterocycles. The van der Waals surface area contributed by atoms with E-state index in [9.17, 15) is 13.2 Å². The zero-order valence-corrected chi connectivity index (χ0v) is 10.6. The summed E-state index contributed by atoms with van der Waals surface area (Å²) < 4.78 is 40.6. The Kier molecular flexibility index (Phi) is 3.06. The molecule has 3 aromatic rings. The molecule has 0 spiro atoms. The van der Waals surface area contributed by atoms with Gasteiger partial charge in [0.1, 0.15) is 22.3 Å². The minimum atomic E-state index is -0.873. The number of aromatic nitrogens is 2. The summed E-state index contributed by atoms with van der Waals surface area (Å²) in [6.07, 6.45) is 0. The van der Waals surface area contributed by atoms with E-state index in [1.807, 2.05) is 0 Å². The fourth-order valence-electron chi connectivity index (χ4n) is 1.88. The van der Waals surface area contributed by atoms with E-state index in [0.29, 0.717) is 6.07 Å². The van der Waals surface area contributed by atoms with Crippen molar-refractivity contribution in [3.8, 4) is 11.4 Å². The lowest BCUT2D eigenvalue weighted by molar-refractivity contribution is 0.590. The predicted molar refractivity (Wildman–Crippen MR) is 69.9 cm³/mol. The first-order valence-electron chi connectivity index (χ1n) is 5.63. The van der Waals surface area contributed by atoms with Crippen LogP contribution < -0.4 is 0 Å². The normalized spacial score (nSPS) is 11.0. The standard InChI is InChI=1S/C14H6ClF3N2/c15-13-9-5-7(16)6-11(18)12(9)19-14(20-13)8-3-1-2-4-10(8)17/h1-6H. The van der Waals surface area contributed by atoms with Gasteiger partial charge in [0.25, 0.3) is 0 Å². The van der Waals surface area contributed by atoms with Crippen LogP contribution >= 0.6 is 11.6 Å². The molecule has 0 bridgehead atoms. The van der Waals surface area contributed by atoms with Crippen LogP contribution in [0, 0.1) is 17.5 Å². The highest BCUT2D eigenvalue weighted by atomic mass is 35.5. The molecular weight excluding hydrogens is 289 g/mol. The van der Waals surface area contributed by atoms with Crippen molar-refractivity contribution in [2.45, 2.75) is 0 Å². The van der Waals surface area contributed by atoms with E-state index in [2.05, 4.69) is 9.97 Å². The largest absolute Gasteiger partial charge is 0.225 e. The van der Waals surface area contributed by atoms with E-state index in [4.69, 9.17) is 11.6 Å². The van der Waals surface area contributed by atoms with Crippen LogP contribution in [0.1, 0.15) is 0 Å². The van der Waals surface area contributed by atoms with Gasteiger partial charge >= 0.3 is 0 Å².